The molecule has 144 valence electrons. The van der Waals surface area contributed by atoms with Gasteiger partial charge in [0.15, 0.2) is 0 Å². The van der Waals surface area contributed by atoms with E-state index < -0.39 is 10.0 Å². The Kier molecular flexibility index (Phi) is 9.24. The van der Waals surface area contributed by atoms with Gasteiger partial charge in [0.25, 0.3) is 5.91 Å². The van der Waals surface area contributed by atoms with Crippen LogP contribution in [-0.4, -0.2) is 53.0 Å². The summed E-state index contributed by atoms with van der Waals surface area (Å²) in [6.45, 7) is 1.62. The number of hydrogen-bond acceptors (Lipinski definition) is 5. The summed E-state index contributed by atoms with van der Waals surface area (Å²) < 4.78 is 27.2. The fraction of sp³-hybridized carbons (Fsp3) is 0.353. The van der Waals surface area contributed by atoms with Crippen molar-refractivity contribution in [1.29, 1.82) is 0 Å². The van der Waals surface area contributed by atoms with Gasteiger partial charge in [0, 0.05) is 37.1 Å². The molecular weight excluding hydrogens is 394 g/mol. The van der Waals surface area contributed by atoms with E-state index in [4.69, 9.17) is 0 Å². The largest absolute Gasteiger partial charge is 0.340 e. The van der Waals surface area contributed by atoms with Gasteiger partial charge in [-0.25, -0.2) is 13.1 Å². The van der Waals surface area contributed by atoms with Crippen LogP contribution in [0.25, 0.3) is 0 Å². The van der Waals surface area contributed by atoms with Gasteiger partial charge in [0.2, 0.25) is 10.0 Å². The number of sulfonamides is 1. The number of amides is 1. The van der Waals surface area contributed by atoms with E-state index in [9.17, 15) is 13.2 Å². The lowest BCUT2D eigenvalue weighted by Gasteiger charge is -2.17. The van der Waals surface area contributed by atoms with E-state index in [-0.39, 0.29) is 23.2 Å². The highest BCUT2D eigenvalue weighted by Gasteiger charge is 2.16. The van der Waals surface area contributed by atoms with Crippen LogP contribution in [0.4, 0.5) is 0 Å². The second-order valence-electron chi connectivity index (χ2n) is 5.58. The molecule has 2 rings (SSSR count). The number of nitrogens with one attached hydrogen (secondary N) is 2. The summed E-state index contributed by atoms with van der Waals surface area (Å²) in [4.78, 5) is 15.1. The van der Waals surface area contributed by atoms with Crippen LogP contribution in [0.1, 0.15) is 15.2 Å². The zero-order valence-corrected chi connectivity index (χ0v) is 17.2. The number of nitrogens with zero attached hydrogens (tertiary/aromatic N) is 1. The van der Waals surface area contributed by atoms with Crippen LogP contribution in [0.3, 0.4) is 0 Å². The van der Waals surface area contributed by atoms with Crippen LogP contribution < -0.4 is 10.0 Å². The molecule has 1 amide bonds. The van der Waals surface area contributed by atoms with E-state index in [2.05, 4.69) is 10.0 Å². The molecule has 1 aromatic carbocycles. The van der Waals surface area contributed by atoms with Crippen LogP contribution >= 0.6 is 23.7 Å². The van der Waals surface area contributed by atoms with Gasteiger partial charge < -0.3 is 10.2 Å². The molecule has 0 saturated heterocycles. The predicted molar refractivity (Wildman–Crippen MR) is 108 cm³/mol. The van der Waals surface area contributed by atoms with Gasteiger partial charge in [-0.1, -0.05) is 6.07 Å². The minimum absolute atomic E-state index is 0. The zero-order chi connectivity index (χ0) is 18.3. The average molecular weight is 418 g/mol. The maximum atomic E-state index is 12.3. The standard InChI is InChI=1S/C17H23N3O3S2.ClH/c1-18-11-12-20(2)17(21)14-5-7-16(8-6-14)25(22,23)19-10-9-15-4-3-13-24-15;/h3-8,13,18-19H,9-12H2,1-2H3;1H. The number of thiophene rings is 1. The lowest BCUT2D eigenvalue weighted by atomic mass is 10.2. The van der Waals surface area contributed by atoms with Crippen molar-refractivity contribution in [2.45, 2.75) is 11.3 Å². The van der Waals surface area contributed by atoms with Crippen LogP contribution in [0.15, 0.2) is 46.7 Å². The lowest BCUT2D eigenvalue weighted by Crippen LogP contribution is -2.32. The number of carbonyl (C=O) groups is 1. The van der Waals surface area contributed by atoms with E-state index >= 15 is 0 Å². The zero-order valence-electron chi connectivity index (χ0n) is 14.8. The molecule has 2 aromatic rings. The average Bonchev–Trinajstić information content (AvgIpc) is 3.12. The molecule has 1 aromatic heterocycles. The topological polar surface area (TPSA) is 78.5 Å². The smallest absolute Gasteiger partial charge is 0.253 e. The predicted octanol–water partition coefficient (Wildman–Crippen LogP) is 1.98. The summed E-state index contributed by atoms with van der Waals surface area (Å²) in [5, 5.41) is 4.95. The normalized spacial score (nSPS) is 11.0. The molecule has 26 heavy (non-hydrogen) atoms. The van der Waals surface area contributed by atoms with Crippen LogP contribution in [0.2, 0.25) is 0 Å². The SMILES string of the molecule is CNCCN(C)C(=O)c1ccc(S(=O)(=O)NCCc2cccs2)cc1.Cl. The Balaban J connectivity index is 0.00000338. The molecular formula is C17H24ClN3O3S2. The Hall–Kier alpha value is -1.45. The molecule has 1 heterocycles. The van der Waals surface area contributed by atoms with Crippen molar-refractivity contribution < 1.29 is 13.2 Å². The van der Waals surface area contributed by atoms with Crippen LogP contribution in [0, 0.1) is 0 Å². The Labute approximate surface area is 165 Å². The molecule has 0 aliphatic rings. The monoisotopic (exact) mass is 417 g/mol. The highest BCUT2D eigenvalue weighted by atomic mass is 35.5. The van der Waals surface area contributed by atoms with Crippen molar-refractivity contribution in [2.24, 2.45) is 0 Å². The van der Waals surface area contributed by atoms with Gasteiger partial charge in [-0.15, -0.1) is 23.7 Å². The van der Waals surface area contributed by atoms with Gasteiger partial charge >= 0.3 is 0 Å². The lowest BCUT2D eigenvalue weighted by molar-refractivity contribution is 0.0796. The molecule has 0 bridgehead atoms. The van der Waals surface area contributed by atoms with E-state index in [1.54, 1.807) is 35.4 Å². The molecule has 0 aliphatic heterocycles. The highest BCUT2D eigenvalue weighted by molar-refractivity contribution is 7.89. The molecule has 0 atom stereocenters. The van der Waals surface area contributed by atoms with Gasteiger partial charge in [-0.05, 0) is 49.2 Å². The van der Waals surface area contributed by atoms with E-state index in [1.807, 2.05) is 24.6 Å². The molecule has 0 spiro atoms. The van der Waals surface area contributed by atoms with Crippen molar-refractivity contribution in [2.75, 3.05) is 33.7 Å². The summed E-state index contributed by atoms with van der Waals surface area (Å²) in [5.74, 6) is -0.134. The molecule has 0 fully saturated rings. The van der Waals surface area contributed by atoms with Gasteiger partial charge in [-0.3, -0.25) is 4.79 Å². The molecule has 0 saturated carbocycles. The summed E-state index contributed by atoms with van der Waals surface area (Å²) in [7, 11) is -0.0291. The number of hydrogen-bond donors (Lipinski definition) is 2. The Bertz CT molecular complexity index is 778. The first-order valence-electron chi connectivity index (χ1n) is 7.96. The van der Waals surface area contributed by atoms with Crippen molar-refractivity contribution in [3.63, 3.8) is 0 Å². The number of rotatable bonds is 9. The van der Waals surface area contributed by atoms with E-state index in [0.29, 0.717) is 31.6 Å². The summed E-state index contributed by atoms with van der Waals surface area (Å²) in [6, 6.07) is 9.94. The first-order chi connectivity index (χ1) is 11.9. The second kappa shape index (κ2) is 10.6. The Morgan fingerprint density at radius 1 is 1.15 bits per heavy atom. The van der Waals surface area contributed by atoms with Gasteiger partial charge in [0.1, 0.15) is 0 Å². The van der Waals surface area contributed by atoms with Crippen molar-refractivity contribution in [3.05, 3.63) is 52.2 Å². The maximum absolute atomic E-state index is 12.3. The number of benzene rings is 1. The molecule has 6 nitrogen and oxygen atoms in total. The first kappa shape index (κ1) is 22.6. The molecule has 0 radical (unpaired) electrons. The van der Waals surface area contributed by atoms with Crippen molar-refractivity contribution in [3.8, 4) is 0 Å². The molecule has 2 N–H and O–H groups in total. The summed E-state index contributed by atoms with van der Waals surface area (Å²) in [6.07, 6.45) is 0.656. The number of carbonyl (C=O) groups excluding carboxylic acids is 1. The van der Waals surface area contributed by atoms with Crippen LogP contribution in [0.5, 0.6) is 0 Å². The van der Waals surface area contributed by atoms with Crippen LogP contribution in [-0.2, 0) is 16.4 Å². The van der Waals surface area contributed by atoms with E-state index in [1.165, 1.54) is 12.1 Å². The number of halogens is 1. The summed E-state index contributed by atoms with van der Waals surface area (Å²) >= 11 is 1.60. The summed E-state index contributed by atoms with van der Waals surface area (Å²) in [5.41, 5.74) is 0.469. The third-order valence-electron chi connectivity index (χ3n) is 3.70. The fourth-order valence-electron chi connectivity index (χ4n) is 2.22. The highest BCUT2D eigenvalue weighted by Crippen LogP contribution is 2.13. The fourth-order valence-corrected chi connectivity index (χ4v) is 3.97. The van der Waals surface area contributed by atoms with E-state index in [0.717, 1.165) is 4.88 Å². The van der Waals surface area contributed by atoms with Crippen molar-refractivity contribution in [1.82, 2.24) is 14.9 Å². The van der Waals surface area contributed by atoms with Crippen molar-refractivity contribution >= 4 is 39.7 Å². The second-order valence-corrected chi connectivity index (χ2v) is 8.38. The van der Waals surface area contributed by atoms with Gasteiger partial charge in [-0.2, -0.15) is 0 Å². The minimum atomic E-state index is -3.57. The third-order valence-corrected chi connectivity index (χ3v) is 6.11. The molecule has 0 aliphatic carbocycles. The quantitative estimate of drug-likeness (QED) is 0.654. The Morgan fingerprint density at radius 2 is 1.85 bits per heavy atom. The first-order valence-corrected chi connectivity index (χ1v) is 10.3. The van der Waals surface area contributed by atoms with Gasteiger partial charge in [0.05, 0.1) is 4.90 Å². The molecule has 0 unspecified atom stereocenters. The minimum Gasteiger partial charge on any atom is -0.340 e. The Morgan fingerprint density at radius 3 is 2.42 bits per heavy atom. The third kappa shape index (κ3) is 6.37. The molecule has 9 heteroatoms. The number of likely N-dealkylation sites (N-methyl/N-ethyl adjacent to an activating group) is 2. The maximum Gasteiger partial charge on any atom is 0.253 e.